The number of hydrogen-bond acceptors (Lipinski definition) is 1. The molecular formula is C6H13N. The summed E-state index contributed by atoms with van der Waals surface area (Å²) >= 11 is 0. The van der Waals surface area contributed by atoms with Crippen LogP contribution < -0.4 is 5.32 Å². The molecule has 0 amide bonds. The Hall–Kier alpha value is -0.640. The third kappa shape index (κ3) is 10.9. The maximum Gasteiger partial charge on any atom is 0.0284 e. The van der Waals surface area contributed by atoms with E-state index in [2.05, 4.69) is 11.4 Å². The van der Waals surface area contributed by atoms with Crippen molar-refractivity contribution in [2.75, 3.05) is 0 Å². The van der Waals surface area contributed by atoms with Gasteiger partial charge in [-0.25, -0.2) is 0 Å². The van der Waals surface area contributed by atoms with Crippen molar-refractivity contribution >= 4 is 0 Å². The summed E-state index contributed by atoms with van der Waals surface area (Å²) < 4.78 is 0. The van der Waals surface area contributed by atoms with Crippen molar-refractivity contribution in [2.24, 2.45) is 0 Å². The molecule has 1 N–H and O–H groups in total. The van der Waals surface area contributed by atoms with Crippen molar-refractivity contribution < 1.29 is 0 Å². The van der Waals surface area contributed by atoms with Crippen LogP contribution in [-0.4, -0.2) is 6.04 Å². The summed E-state index contributed by atoms with van der Waals surface area (Å²) in [5.74, 6) is 0. The van der Waals surface area contributed by atoms with Crippen LogP contribution >= 0.6 is 0 Å². The Labute approximate surface area is 46.1 Å². The highest BCUT2D eigenvalue weighted by atomic mass is 14.8. The average Bonchev–Trinajstić information content (AvgIpc) is 1.35. The van der Waals surface area contributed by atoms with Crippen LogP contribution in [0, 0.1) is 12.5 Å². The van der Waals surface area contributed by atoms with Gasteiger partial charge in [-0.1, -0.05) is 13.9 Å². The van der Waals surface area contributed by atoms with E-state index in [9.17, 15) is 0 Å². The quantitative estimate of drug-likeness (QED) is 0.385. The molecule has 0 spiro atoms. The van der Waals surface area contributed by atoms with Gasteiger partial charge in [-0.2, -0.15) is 0 Å². The van der Waals surface area contributed by atoms with E-state index >= 15 is 0 Å². The van der Waals surface area contributed by atoms with E-state index < -0.39 is 0 Å². The Morgan fingerprint density at radius 1 is 1.57 bits per heavy atom. The lowest BCUT2D eigenvalue weighted by Gasteiger charge is -1.96. The Morgan fingerprint density at radius 2 is 2.00 bits per heavy atom. The minimum atomic E-state index is 0. The molecule has 0 rings (SSSR count). The van der Waals surface area contributed by atoms with Crippen LogP contribution in [0.1, 0.15) is 21.3 Å². The molecule has 0 fully saturated rings. The standard InChI is InChI=1S/C5H9N.CH4/c1-4-6-5(2)3;/h1,5-6H,2-3H3;1H4. The summed E-state index contributed by atoms with van der Waals surface area (Å²) in [6.45, 7) is 4.00. The minimum absolute atomic E-state index is 0. The highest BCUT2D eigenvalue weighted by Gasteiger charge is 1.79. The Morgan fingerprint density at radius 3 is 2.00 bits per heavy atom. The summed E-state index contributed by atoms with van der Waals surface area (Å²) in [7, 11) is 0. The molecule has 42 valence electrons. The largest absolute Gasteiger partial charge is 0.344 e. The van der Waals surface area contributed by atoms with Gasteiger partial charge in [-0.05, 0) is 13.8 Å². The fraction of sp³-hybridized carbons (Fsp3) is 0.667. The minimum Gasteiger partial charge on any atom is -0.344 e. The second-order valence-electron chi connectivity index (χ2n) is 1.44. The SMILES string of the molecule is C.C#CNC(C)C. The van der Waals surface area contributed by atoms with Gasteiger partial charge in [0.1, 0.15) is 0 Å². The van der Waals surface area contributed by atoms with Crippen LogP contribution in [0.4, 0.5) is 0 Å². The predicted octanol–water partition coefficient (Wildman–Crippen LogP) is 1.21. The van der Waals surface area contributed by atoms with Gasteiger partial charge < -0.3 is 5.32 Å². The zero-order chi connectivity index (χ0) is 4.99. The molecular weight excluding hydrogens is 86.1 g/mol. The first-order valence-electron chi connectivity index (χ1n) is 1.98. The summed E-state index contributed by atoms with van der Waals surface area (Å²) in [4.78, 5) is 0. The molecule has 0 atom stereocenters. The second-order valence-corrected chi connectivity index (χ2v) is 1.44. The number of terminal acetylenes is 1. The molecule has 1 heteroatoms. The van der Waals surface area contributed by atoms with E-state index in [1.54, 1.807) is 0 Å². The van der Waals surface area contributed by atoms with E-state index in [1.165, 1.54) is 0 Å². The maximum absolute atomic E-state index is 4.87. The van der Waals surface area contributed by atoms with Gasteiger partial charge in [0, 0.05) is 12.1 Å². The maximum atomic E-state index is 4.87. The van der Waals surface area contributed by atoms with Gasteiger partial charge in [0.05, 0.1) is 0 Å². The average molecular weight is 99.2 g/mol. The summed E-state index contributed by atoms with van der Waals surface area (Å²) in [6.07, 6.45) is 4.87. The lowest BCUT2D eigenvalue weighted by Crippen LogP contribution is -2.15. The molecule has 0 unspecified atom stereocenters. The Balaban J connectivity index is 0. The molecule has 0 aromatic heterocycles. The lowest BCUT2D eigenvalue weighted by atomic mass is 10.4. The summed E-state index contributed by atoms with van der Waals surface area (Å²) in [5.41, 5.74) is 0. The van der Waals surface area contributed by atoms with Crippen LogP contribution in [-0.2, 0) is 0 Å². The predicted molar refractivity (Wildman–Crippen MR) is 33.8 cm³/mol. The molecule has 0 aromatic carbocycles. The van der Waals surface area contributed by atoms with Crippen LogP contribution in [0.5, 0.6) is 0 Å². The zero-order valence-electron chi connectivity index (χ0n) is 4.15. The van der Waals surface area contributed by atoms with Crippen molar-refractivity contribution in [3.63, 3.8) is 0 Å². The molecule has 1 nitrogen and oxygen atoms in total. The zero-order valence-corrected chi connectivity index (χ0v) is 4.15. The third-order valence-corrected chi connectivity index (χ3v) is 0.372. The van der Waals surface area contributed by atoms with E-state index in [-0.39, 0.29) is 7.43 Å². The summed E-state index contributed by atoms with van der Waals surface area (Å²) in [5, 5.41) is 2.74. The topological polar surface area (TPSA) is 12.0 Å². The first-order valence-corrected chi connectivity index (χ1v) is 1.98. The lowest BCUT2D eigenvalue weighted by molar-refractivity contribution is 0.722. The molecule has 0 aromatic rings. The molecule has 0 aliphatic carbocycles. The van der Waals surface area contributed by atoms with Gasteiger partial charge >= 0.3 is 0 Å². The Bertz CT molecular complexity index is 59.1. The molecule has 0 radical (unpaired) electrons. The van der Waals surface area contributed by atoms with E-state index in [0.717, 1.165) is 0 Å². The van der Waals surface area contributed by atoms with E-state index in [0.29, 0.717) is 6.04 Å². The molecule has 0 aliphatic heterocycles. The highest BCUT2D eigenvalue weighted by molar-refractivity contribution is 4.81. The van der Waals surface area contributed by atoms with E-state index in [4.69, 9.17) is 6.42 Å². The van der Waals surface area contributed by atoms with Gasteiger partial charge in [-0.15, -0.1) is 0 Å². The van der Waals surface area contributed by atoms with Crippen molar-refractivity contribution in [1.29, 1.82) is 0 Å². The van der Waals surface area contributed by atoms with Crippen LogP contribution in [0.25, 0.3) is 0 Å². The second kappa shape index (κ2) is 5.36. The van der Waals surface area contributed by atoms with Crippen molar-refractivity contribution in [3.05, 3.63) is 0 Å². The number of rotatable bonds is 1. The van der Waals surface area contributed by atoms with Crippen LogP contribution in [0.15, 0.2) is 0 Å². The fourth-order valence-electron chi connectivity index (χ4n) is 0.167. The Kier molecular flexibility index (Phi) is 7.36. The molecule has 0 saturated carbocycles. The fourth-order valence-corrected chi connectivity index (χ4v) is 0.167. The van der Waals surface area contributed by atoms with Gasteiger partial charge in [0.25, 0.3) is 0 Å². The highest BCUT2D eigenvalue weighted by Crippen LogP contribution is 1.68. The first kappa shape index (κ1) is 9.61. The van der Waals surface area contributed by atoms with Crippen LogP contribution in [0.2, 0.25) is 0 Å². The normalized spacial score (nSPS) is 6.57. The monoisotopic (exact) mass is 99.1 g/mol. The van der Waals surface area contributed by atoms with E-state index in [1.807, 2.05) is 13.8 Å². The number of nitrogens with one attached hydrogen (secondary N) is 1. The smallest absolute Gasteiger partial charge is 0.0284 e. The van der Waals surface area contributed by atoms with Crippen molar-refractivity contribution in [1.82, 2.24) is 5.32 Å². The molecule has 0 aliphatic rings. The van der Waals surface area contributed by atoms with Crippen molar-refractivity contribution in [3.8, 4) is 12.5 Å². The summed E-state index contributed by atoms with van der Waals surface area (Å²) in [6, 6.07) is 2.73. The third-order valence-electron chi connectivity index (χ3n) is 0.372. The van der Waals surface area contributed by atoms with Gasteiger partial charge in [-0.3, -0.25) is 0 Å². The van der Waals surface area contributed by atoms with Crippen LogP contribution in [0.3, 0.4) is 0 Å². The van der Waals surface area contributed by atoms with Gasteiger partial charge in [0.2, 0.25) is 0 Å². The molecule has 0 saturated heterocycles. The molecule has 0 heterocycles. The van der Waals surface area contributed by atoms with Gasteiger partial charge in [0.15, 0.2) is 0 Å². The number of hydrogen-bond donors (Lipinski definition) is 1. The molecule has 0 bridgehead atoms. The molecule has 7 heavy (non-hydrogen) atoms. The van der Waals surface area contributed by atoms with Crippen molar-refractivity contribution in [2.45, 2.75) is 27.3 Å². The first-order chi connectivity index (χ1) is 2.77.